The minimum atomic E-state index is -1.03. The van der Waals surface area contributed by atoms with Gasteiger partial charge in [0.05, 0.1) is 19.5 Å². The number of hydrogen-bond donors (Lipinski definition) is 3. The zero-order valence-corrected chi connectivity index (χ0v) is 16.5. The van der Waals surface area contributed by atoms with Gasteiger partial charge >= 0.3 is 0 Å². The predicted molar refractivity (Wildman–Crippen MR) is 104 cm³/mol. The molecule has 4 atom stereocenters. The van der Waals surface area contributed by atoms with Crippen molar-refractivity contribution < 1.29 is 24.8 Å². The van der Waals surface area contributed by atoms with Gasteiger partial charge in [-0.2, -0.15) is 0 Å². The predicted octanol–water partition coefficient (Wildman–Crippen LogP) is 3.70. The summed E-state index contributed by atoms with van der Waals surface area (Å²) in [6.07, 6.45) is 16.0. The fraction of sp³-hybridized carbons (Fsp3) is 0.905. The van der Waals surface area contributed by atoms with Crippen LogP contribution in [0.2, 0.25) is 0 Å². The van der Waals surface area contributed by atoms with Gasteiger partial charge in [-0.05, 0) is 18.9 Å². The Labute approximate surface area is 159 Å². The first kappa shape index (κ1) is 23.4. The average molecular weight is 373 g/mol. The molecule has 1 aliphatic heterocycles. The van der Waals surface area contributed by atoms with E-state index in [9.17, 15) is 10.2 Å². The van der Waals surface area contributed by atoms with Crippen LogP contribution in [0, 0.1) is 0 Å². The molecule has 26 heavy (non-hydrogen) atoms. The summed E-state index contributed by atoms with van der Waals surface area (Å²) in [7, 11) is 0. The second-order valence-electron chi connectivity index (χ2n) is 7.41. The zero-order valence-electron chi connectivity index (χ0n) is 16.5. The monoisotopic (exact) mass is 372 g/mol. The molecule has 0 spiro atoms. The lowest BCUT2D eigenvalue weighted by molar-refractivity contribution is -0.0721. The Bertz CT molecular complexity index is 347. The van der Waals surface area contributed by atoms with E-state index in [0.29, 0.717) is 0 Å². The second-order valence-corrected chi connectivity index (χ2v) is 7.41. The molecule has 1 fully saturated rings. The van der Waals surface area contributed by atoms with Crippen LogP contribution >= 0.6 is 0 Å². The Kier molecular flexibility index (Phi) is 13.9. The SMILES string of the molecule is CCCCCCCCCCCCC/C=C/O[C@H]1[C@@H]([C@H](O)CO)OC[C@@H]1O. The lowest BCUT2D eigenvalue weighted by Gasteiger charge is -2.22. The van der Waals surface area contributed by atoms with Gasteiger partial charge in [-0.1, -0.05) is 71.1 Å². The van der Waals surface area contributed by atoms with Gasteiger partial charge in [-0.3, -0.25) is 0 Å². The third kappa shape index (κ3) is 9.91. The Hall–Kier alpha value is -0.620. The molecule has 0 unspecified atom stereocenters. The van der Waals surface area contributed by atoms with Crippen molar-refractivity contribution in [2.24, 2.45) is 0 Å². The highest BCUT2D eigenvalue weighted by molar-refractivity contribution is 4.91. The van der Waals surface area contributed by atoms with E-state index < -0.39 is 31.0 Å². The number of unbranched alkanes of at least 4 members (excludes halogenated alkanes) is 11. The molecule has 0 amide bonds. The maximum Gasteiger partial charge on any atom is 0.154 e. The summed E-state index contributed by atoms with van der Waals surface area (Å²) < 4.78 is 10.8. The number of rotatable bonds is 16. The summed E-state index contributed by atoms with van der Waals surface area (Å²) in [4.78, 5) is 0. The number of ether oxygens (including phenoxy) is 2. The van der Waals surface area contributed by atoms with E-state index in [4.69, 9.17) is 14.6 Å². The Morgan fingerprint density at radius 1 is 1.00 bits per heavy atom. The van der Waals surface area contributed by atoms with Gasteiger partial charge < -0.3 is 24.8 Å². The molecule has 0 saturated carbocycles. The molecule has 0 aromatic rings. The normalized spacial score (nSPS) is 24.4. The van der Waals surface area contributed by atoms with Crippen LogP contribution in [0.15, 0.2) is 12.3 Å². The second kappa shape index (κ2) is 15.4. The molecule has 0 radical (unpaired) electrons. The molecule has 5 heteroatoms. The van der Waals surface area contributed by atoms with Crippen LogP contribution in [0.1, 0.15) is 84.0 Å². The molecule has 0 bridgehead atoms. The average Bonchev–Trinajstić information content (AvgIpc) is 3.02. The fourth-order valence-electron chi connectivity index (χ4n) is 3.36. The van der Waals surface area contributed by atoms with Gasteiger partial charge in [-0.25, -0.2) is 0 Å². The molecular formula is C21H40O5. The number of hydrogen-bond acceptors (Lipinski definition) is 5. The number of aliphatic hydroxyl groups excluding tert-OH is 3. The largest absolute Gasteiger partial charge is 0.493 e. The van der Waals surface area contributed by atoms with Crippen molar-refractivity contribution in [3.05, 3.63) is 12.3 Å². The highest BCUT2D eigenvalue weighted by Gasteiger charge is 2.41. The summed E-state index contributed by atoms with van der Waals surface area (Å²) in [6, 6.07) is 0. The van der Waals surface area contributed by atoms with E-state index in [1.165, 1.54) is 64.2 Å². The molecule has 0 aromatic carbocycles. The molecule has 5 nitrogen and oxygen atoms in total. The minimum absolute atomic E-state index is 0.124. The highest BCUT2D eigenvalue weighted by Crippen LogP contribution is 2.21. The van der Waals surface area contributed by atoms with Crippen LogP contribution in [0.3, 0.4) is 0 Å². The van der Waals surface area contributed by atoms with E-state index in [1.807, 2.05) is 6.08 Å². The van der Waals surface area contributed by atoms with Crippen molar-refractivity contribution in [3.63, 3.8) is 0 Å². The zero-order chi connectivity index (χ0) is 19.0. The molecule has 1 saturated heterocycles. The summed E-state index contributed by atoms with van der Waals surface area (Å²) >= 11 is 0. The van der Waals surface area contributed by atoms with Crippen molar-refractivity contribution in [1.29, 1.82) is 0 Å². The van der Waals surface area contributed by atoms with Crippen LogP contribution in [-0.2, 0) is 9.47 Å². The Morgan fingerprint density at radius 3 is 2.15 bits per heavy atom. The summed E-state index contributed by atoms with van der Waals surface area (Å²) in [5.74, 6) is 0. The lowest BCUT2D eigenvalue weighted by atomic mass is 10.1. The van der Waals surface area contributed by atoms with Crippen molar-refractivity contribution in [3.8, 4) is 0 Å². The van der Waals surface area contributed by atoms with Gasteiger partial charge in [0, 0.05) is 0 Å². The van der Waals surface area contributed by atoms with Crippen LogP contribution in [-0.4, -0.2) is 52.9 Å². The topological polar surface area (TPSA) is 79.2 Å². The molecule has 0 aliphatic carbocycles. The quantitative estimate of drug-likeness (QED) is 0.284. The van der Waals surface area contributed by atoms with E-state index in [2.05, 4.69) is 6.92 Å². The molecule has 1 rings (SSSR count). The number of aliphatic hydroxyl groups is 3. The van der Waals surface area contributed by atoms with E-state index in [1.54, 1.807) is 6.26 Å². The first-order valence-corrected chi connectivity index (χ1v) is 10.6. The third-order valence-corrected chi connectivity index (χ3v) is 5.04. The molecule has 1 heterocycles. The van der Waals surface area contributed by atoms with Gasteiger partial charge in [0.15, 0.2) is 6.10 Å². The molecule has 1 aliphatic rings. The summed E-state index contributed by atoms with van der Waals surface area (Å²) in [5, 5.41) is 28.5. The maximum atomic E-state index is 9.83. The van der Waals surface area contributed by atoms with Crippen molar-refractivity contribution >= 4 is 0 Å². The van der Waals surface area contributed by atoms with Crippen molar-refractivity contribution in [1.82, 2.24) is 0 Å². The third-order valence-electron chi connectivity index (χ3n) is 5.04. The van der Waals surface area contributed by atoms with Crippen LogP contribution in [0.4, 0.5) is 0 Å². The van der Waals surface area contributed by atoms with Crippen LogP contribution < -0.4 is 0 Å². The number of allylic oxidation sites excluding steroid dienone is 1. The van der Waals surface area contributed by atoms with E-state index in [0.717, 1.165) is 12.8 Å². The van der Waals surface area contributed by atoms with Gasteiger partial charge in [-0.15, -0.1) is 0 Å². The highest BCUT2D eigenvalue weighted by atomic mass is 16.6. The molecule has 3 N–H and O–H groups in total. The molecular weight excluding hydrogens is 332 g/mol. The van der Waals surface area contributed by atoms with E-state index in [-0.39, 0.29) is 6.61 Å². The van der Waals surface area contributed by atoms with Gasteiger partial charge in [0.1, 0.15) is 18.3 Å². The van der Waals surface area contributed by atoms with Gasteiger partial charge in [0.25, 0.3) is 0 Å². The minimum Gasteiger partial charge on any atom is -0.493 e. The first-order valence-electron chi connectivity index (χ1n) is 10.6. The van der Waals surface area contributed by atoms with E-state index >= 15 is 0 Å². The molecule has 154 valence electrons. The van der Waals surface area contributed by atoms with Crippen molar-refractivity contribution in [2.45, 2.75) is 108 Å². The maximum absolute atomic E-state index is 9.83. The smallest absolute Gasteiger partial charge is 0.154 e. The van der Waals surface area contributed by atoms with Crippen LogP contribution in [0.25, 0.3) is 0 Å². The Balaban J connectivity index is 1.96. The van der Waals surface area contributed by atoms with Gasteiger partial charge in [0.2, 0.25) is 0 Å². The van der Waals surface area contributed by atoms with Crippen LogP contribution in [0.5, 0.6) is 0 Å². The Morgan fingerprint density at radius 2 is 1.58 bits per heavy atom. The standard InChI is InChI=1S/C21H40O5/c1-2-3-4-5-6-7-8-9-10-11-12-13-14-15-25-21-19(24)17-26-20(21)18(23)16-22/h14-15,18-24H,2-13,16-17H2,1H3/b15-14+/t18-,19+,20-,21-/m1/s1. The first-order chi connectivity index (χ1) is 12.7. The summed E-state index contributed by atoms with van der Waals surface area (Å²) in [5.41, 5.74) is 0. The fourth-order valence-corrected chi connectivity index (χ4v) is 3.36. The van der Waals surface area contributed by atoms with Crippen molar-refractivity contribution in [2.75, 3.05) is 13.2 Å². The summed E-state index contributed by atoms with van der Waals surface area (Å²) in [6.45, 7) is 1.98. The lowest BCUT2D eigenvalue weighted by Crippen LogP contribution is -2.41. The molecule has 0 aromatic heterocycles.